The summed E-state index contributed by atoms with van der Waals surface area (Å²) in [5.41, 5.74) is 1.83. The minimum Gasteiger partial charge on any atom is -0.493 e. The highest BCUT2D eigenvalue weighted by atomic mass is 16.5. The Hall–Kier alpha value is -5.02. The van der Waals surface area contributed by atoms with Crippen LogP contribution in [0.4, 0.5) is 17.5 Å². The normalized spacial score (nSPS) is 12.3. The number of aromatic nitrogens is 2. The van der Waals surface area contributed by atoms with Gasteiger partial charge >= 0.3 is 0 Å². The van der Waals surface area contributed by atoms with Gasteiger partial charge in [-0.1, -0.05) is 0 Å². The zero-order valence-corrected chi connectivity index (χ0v) is 19.7. The number of nitrogens with one attached hydrogen (secondary N) is 2. The van der Waals surface area contributed by atoms with Crippen molar-refractivity contribution in [1.29, 1.82) is 10.5 Å². The minimum absolute atomic E-state index is 0.286. The van der Waals surface area contributed by atoms with Crippen LogP contribution in [0.1, 0.15) is 24.0 Å². The monoisotopic (exact) mass is 478 g/mol. The number of ether oxygens (including phenoxy) is 3. The van der Waals surface area contributed by atoms with Crippen molar-refractivity contribution in [2.24, 2.45) is 0 Å². The number of methoxy groups -OCH3 is 2. The highest BCUT2D eigenvalue weighted by Crippen LogP contribution is 2.46. The van der Waals surface area contributed by atoms with Crippen LogP contribution < -0.4 is 24.8 Å². The highest BCUT2D eigenvalue weighted by Gasteiger charge is 2.23. The number of rotatable bonds is 8. The van der Waals surface area contributed by atoms with Gasteiger partial charge in [-0.2, -0.15) is 20.5 Å². The molecule has 1 heterocycles. The first-order chi connectivity index (χ1) is 17.6. The first-order valence-corrected chi connectivity index (χ1v) is 11.3. The lowest BCUT2D eigenvalue weighted by Gasteiger charge is -2.17. The van der Waals surface area contributed by atoms with Gasteiger partial charge in [-0.25, -0.2) is 0 Å². The lowest BCUT2D eigenvalue weighted by Crippen LogP contribution is -2.07. The van der Waals surface area contributed by atoms with Gasteiger partial charge in [0.25, 0.3) is 0 Å². The zero-order valence-electron chi connectivity index (χ0n) is 19.7. The predicted octanol–water partition coefficient (Wildman–Crippen LogP) is 5.50. The van der Waals surface area contributed by atoms with E-state index < -0.39 is 0 Å². The van der Waals surface area contributed by atoms with E-state index in [1.54, 1.807) is 62.8 Å². The van der Waals surface area contributed by atoms with E-state index in [1.165, 1.54) is 0 Å². The van der Waals surface area contributed by atoms with Crippen molar-refractivity contribution in [2.45, 2.75) is 18.9 Å². The molecule has 36 heavy (non-hydrogen) atoms. The van der Waals surface area contributed by atoms with Crippen LogP contribution in [-0.2, 0) is 0 Å². The van der Waals surface area contributed by atoms with E-state index >= 15 is 0 Å². The second-order valence-corrected chi connectivity index (χ2v) is 8.24. The number of anilines is 3. The Labute approximate surface area is 207 Å². The van der Waals surface area contributed by atoms with Gasteiger partial charge in [0.15, 0.2) is 11.5 Å². The summed E-state index contributed by atoms with van der Waals surface area (Å²) in [6, 6.07) is 20.5. The molecule has 178 valence electrons. The number of benzene rings is 3. The number of hydrogen-bond acceptors (Lipinski definition) is 9. The van der Waals surface area contributed by atoms with Crippen LogP contribution in [0.2, 0.25) is 0 Å². The van der Waals surface area contributed by atoms with Crippen molar-refractivity contribution < 1.29 is 14.2 Å². The summed E-state index contributed by atoms with van der Waals surface area (Å²) in [6.07, 6.45) is 2.16. The quantitative estimate of drug-likeness (QED) is 0.337. The van der Waals surface area contributed by atoms with Crippen LogP contribution >= 0.6 is 0 Å². The van der Waals surface area contributed by atoms with E-state index in [2.05, 4.69) is 32.7 Å². The Morgan fingerprint density at radius 3 is 2.28 bits per heavy atom. The van der Waals surface area contributed by atoms with Crippen LogP contribution in [-0.4, -0.2) is 30.2 Å². The molecule has 1 fully saturated rings. The molecule has 2 N–H and O–H groups in total. The summed E-state index contributed by atoms with van der Waals surface area (Å²) in [4.78, 5) is 9.12. The third kappa shape index (κ3) is 4.77. The van der Waals surface area contributed by atoms with Crippen LogP contribution in [0.5, 0.6) is 23.1 Å². The van der Waals surface area contributed by atoms with Crippen molar-refractivity contribution in [1.82, 2.24) is 9.97 Å². The van der Waals surface area contributed by atoms with Crippen LogP contribution in [0.15, 0.2) is 54.6 Å². The van der Waals surface area contributed by atoms with E-state index in [9.17, 15) is 5.26 Å². The van der Waals surface area contributed by atoms with E-state index in [0.717, 1.165) is 29.3 Å². The standard InChI is InChI=1S/C27H22N6O3/c1-34-22-12-18-11-17(15-29)5-10-21(18)25(35-2)26(22)36-24-13-23(30-19-8-9-19)32-27(33-24)31-20-6-3-16(14-28)4-7-20/h3-7,10-13,19H,8-9H2,1-2H3,(H2,30,31,32,33). The second kappa shape index (κ2) is 9.69. The molecule has 0 spiro atoms. The minimum atomic E-state index is 0.286. The molecule has 0 radical (unpaired) electrons. The summed E-state index contributed by atoms with van der Waals surface area (Å²) in [5.74, 6) is 2.50. The number of nitrogens with zero attached hydrogens (tertiary/aromatic N) is 4. The molecule has 1 aromatic heterocycles. The molecule has 9 heteroatoms. The largest absolute Gasteiger partial charge is 0.493 e. The molecule has 0 atom stereocenters. The van der Waals surface area contributed by atoms with Gasteiger partial charge in [0, 0.05) is 23.2 Å². The maximum absolute atomic E-state index is 9.27. The molecule has 5 rings (SSSR count). The summed E-state index contributed by atoms with van der Waals surface area (Å²) >= 11 is 0. The molecule has 0 amide bonds. The van der Waals surface area contributed by atoms with Crippen molar-refractivity contribution in [2.75, 3.05) is 24.9 Å². The van der Waals surface area contributed by atoms with E-state index in [4.69, 9.17) is 19.5 Å². The molecule has 4 aromatic rings. The fourth-order valence-corrected chi connectivity index (χ4v) is 3.76. The maximum Gasteiger partial charge on any atom is 0.232 e. The van der Waals surface area contributed by atoms with Gasteiger partial charge in [0.2, 0.25) is 17.6 Å². The molecule has 1 aliphatic carbocycles. The summed E-state index contributed by atoms with van der Waals surface area (Å²) < 4.78 is 17.6. The average molecular weight is 479 g/mol. The van der Waals surface area contributed by atoms with Crippen molar-refractivity contribution >= 4 is 28.2 Å². The van der Waals surface area contributed by atoms with Crippen molar-refractivity contribution in [3.8, 4) is 35.3 Å². The number of hydrogen-bond donors (Lipinski definition) is 2. The summed E-state index contributed by atoms with van der Waals surface area (Å²) in [7, 11) is 3.09. The lowest BCUT2D eigenvalue weighted by molar-refractivity contribution is 0.345. The molecule has 1 saturated carbocycles. The summed E-state index contributed by atoms with van der Waals surface area (Å²) in [5, 5.41) is 26.4. The first-order valence-electron chi connectivity index (χ1n) is 11.3. The fourth-order valence-electron chi connectivity index (χ4n) is 3.76. The van der Waals surface area contributed by atoms with E-state index in [1.807, 2.05) is 6.07 Å². The van der Waals surface area contributed by atoms with Gasteiger partial charge in [-0.3, -0.25) is 0 Å². The van der Waals surface area contributed by atoms with Crippen molar-refractivity contribution in [3.05, 3.63) is 65.7 Å². The van der Waals surface area contributed by atoms with Crippen LogP contribution in [0.25, 0.3) is 10.8 Å². The molecule has 0 aliphatic heterocycles. The third-order valence-electron chi connectivity index (χ3n) is 5.67. The summed E-state index contributed by atoms with van der Waals surface area (Å²) in [6.45, 7) is 0. The second-order valence-electron chi connectivity index (χ2n) is 8.24. The molecule has 0 bridgehead atoms. The zero-order chi connectivity index (χ0) is 25.1. The smallest absolute Gasteiger partial charge is 0.232 e. The number of nitriles is 2. The van der Waals surface area contributed by atoms with Gasteiger partial charge in [-0.15, -0.1) is 0 Å². The average Bonchev–Trinajstić information content (AvgIpc) is 3.72. The maximum atomic E-state index is 9.27. The SMILES string of the molecule is COc1cc2cc(C#N)ccc2c(OC)c1Oc1cc(NC2CC2)nc(Nc2ccc(C#N)cc2)n1. The Morgan fingerprint density at radius 2 is 1.61 bits per heavy atom. The molecule has 9 nitrogen and oxygen atoms in total. The fraction of sp³-hybridized carbons (Fsp3) is 0.185. The third-order valence-corrected chi connectivity index (χ3v) is 5.67. The van der Waals surface area contributed by atoms with E-state index in [-0.39, 0.29) is 5.88 Å². The molecule has 1 aliphatic rings. The number of fused-ring (bicyclic) bond motifs is 1. The van der Waals surface area contributed by atoms with Gasteiger partial charge in [0.05, 0.1) is 37.5 Å². The predicted molar refractivity (Wildman–Crippen MR) is 135 cm³/mol. The topological polar surface area (TPSA) is 125 Å². The first kappa shape index (κ1) is 22.8. The molecule has 0 saturated heterocycles. The Bertz CT molecular complexity index is 1520. The molecule has 0 unspecified atom stereocenters. The van der Waals surface area contributed by atoms with Crippen LogP contribution in [0.3, 0.4) is 0 Å². The molecular formula is C27H22N6O3. The molecule has 3 aromatic carbocycles. The van der Waals surface area contributed by atoms with Crippen molar-refractivity contribution in [3.63, 3.8) is 0 Å². The highest BCUT2D eigenvalue weighted by molar-refractivity contribution is 5.94. The Kier molecular flexibility index (Phi) is 6.12. The van der Waals surface area contributed by atoms with Gasteiger partial charge < -0.3 is 24.8 Å². The van der Waals surface area contributed by atoms with Crippen LogP contribution in [0, 0.1) is 22.7 Å². The Balaban J connectivity index is 1.54. The molecular weight excluding hydrogens is 456 g/mol. The van der Waals surface area contributed by atoms with Gasteiger partial charge in [-0.05, 0) is 66.8 Å². The lowest BCUT2D eigenvalue weighted by atomic mass is 10.1. The van der Waals surface area contributed by atoms with E-state index in [0.29, 0.717) is 46.2 Å². The van der Waals surface area contributed by atoms with Gasteiger partial charge in [0.1, 0.15) is 5.82 Å². The Morgan fingerprint density at radius 1 is 0.861 bits per heavy atom.